The van der Waals surface area contributed by atoms with Gasteiger partial charge >= 0.3 is 0 Å². The molecule has 0 saturated carbocycles. The summed E-state index contributed by atoms with van der Waals surface area (Å²) in [6, 6.07) is 10.8. The van der Waals surface area contributed by atoms with Gasteiger partial charge in [-0.3, -0.25) is 9.59 Å². The van der Waals surface area contributed by atoms with E-state index in [1.54, 1.807) is 25.2 Å². The monoisotopic (exact) mass is 428 g/mol. The standard InChI is InChI=1S/C23H32N4O4/c1-16-9-10-18(20(15-16)31-14-5-4-13-26-21(28)11-12-24)27(2)23(29)17-7-6-8-19(30-3)22(17)25/h6-10,15H,4-5,11-14,24-25H2,1-3H3,(H,26,28). The van der Waals surface area contributed by atoms with E-state index in [2.05, 4.69) is 5.32 Å². The molecule has 2 rings (SSSR count). The van der Waals surface area contributed by atoms with Crippen LogP contribution < -0.4 is 31.2 Å². The van der Waals surface area contributed by atoms with E-state index in [9.17, 15) is 9.59 Å². The van der Waals surface area contributed by atoms with Crippen LogP contribution in [0.3, 0.4) is 0 Å². The number of carbonyl (C=O) groups excluding carboxylic acids is 2. The van der Waals surface area contributed by atoms with Crippen molar-refractivity contribution >= 4 is 23.2 Å². The molecule has 5 N–H and O–H groups in total. The van der Waals surface area contributed by atoms with Crippen LogP contribution in [0.5, 0.6) is 11.5 Å². The van der Waals surface area contributed by atoms with Crippen molar-refractivity contribution in [3.05, 3.63) is 47.5 Å². The van der Waals surface area contributed by atoms with E-state index < -0.39 is 0 Å². The summed E-state index contributed by atoms with van der Waals surface area (Å²) >= 11 is 0. The third-order valence-electron chi connectivity index (χ3n) is 4.82. The van der Waals surface area contributed by atoms with E-state index in [4.69, 9.17) is 20.9 Å². The number of nitrogens with zero attached hydrogens (tertiary/aromatic N) is 1. The van der Waals surface area contributed by atoms with Crippen molar-refractivity contribution in [2.75, 3.05) is 44.5 Å². The van der Waals surface area contributed by atoms with Gasteiger partial charge in [-0.25, -0.2) is 0 Å². The number of methoxy groups -OCH3 is 1. The number of hydrogen-bond donors (Lipinski definition) is 3. The Morgan fingerprint density at radius 2 is 1.90 bits per heavy atom. The van der Waals surface area contributed by atoms with Gasteiger partial charge in [0.1, 0.15) is 11.5 Å². The number of nitrogens with two attached hydrogens (primary N) is 2. The quantitative estimate of drug-likeness (QED) is 0.374. The fourth-order valence-corrected chi connectivity index (χ4v) is 3.07. The summed E-state index contributed by atoms with van der Waals surface area (Å²) in [7, 11) is 3.20. The molecule has 0 heterocycles. The van der Waals surface area contributed by atoms with Gasteiger partial charge < -0.3 is 31.2 Å². The molecule has 0 unspecified atom stereocenters. The van der Waals surface area contributed by atoms with Crippen molar-refractivity contribution < 1.29 is 19.1 Å². The topological polar surface area (TPSA) is 120 Å². The number of aryl methyl sites for hydroxylation is 1. The first-order valence-electron chi connectivity index (χ1n) is 10.3. The number of rotatable bonds is 11. The fourth-order valence-electron chi connectivity index (χ4n) is 3.07. The minimum atomic E-state index is -0.257. The van der Waals surface area contributed by atoms with E-state index in [0.717, 1.165) is 18.4 Å². The van der Waals surface area contributed by atoms with Crippen LogP contribution in [0.25, 0.3) is 0 Å². The SMILES string of the molecule is COc1cccc(C(=O)N(C)c2ccc(C)cc2OCCCCNC(=O)CCN)c1N. The Morgan fingerprint density at radius 3 is 2.61 bits per heavy atom. The van der Waals surface area contributed by atoms with Crippen molar-refractivity contribution in [1.82, 2.24) is 5.32 Å². The molecule has 0 bridgehead atoms. The Bertz CT molecular complexity index is 901. The summed E-state index contributed by atoms with van der Waals surface area (Å²) < 4.78 is 11.2. The zero-order valence-electron chi connectivity index (χ0n) is 18.4. The number of benzene rings is 2. The van der Waals surface area contributed by atoms with E-state index in [0.29, 0.717) is 54.6 Å². The molecule has 0 spiro atoms. The van der Waals surface area contributed by atoms with E-state index in [1.165, 1.54) is 12.0 Å². The van der Waals surface area contributed by atoms with Crippen molar-refractivity contribution in [3.8, 4) is 11.5 Å². The lowest BCUT2D eigenvalue weighted by Gasteiger charge is -2.22. The van der Waals surface area contributed by atoms with Gasteiger partial charge in [-0.05, 0) is 49.6 Å². The highest BCUT2D eigenvalue weighted by Crippen LogP contribution is 2.32. The summed E-state index contributed by atoms with van der Waals surface area (Å²) in [5.74, 6) is 0.775. The van der Waals surface area contributed by atoms with Gasteiger partial charge in [0.25, 0.3) is 5.91 Å². The fraction of sp³-hybridized carbons (Fsp3) is 0.391. The van der Waals surface area contributed by atoms with Crippen LogP contribution in [0.4, 0.5) is 11.4 Å². The average molecular weight is 429 g/mol. The number of ether oxygens (including phenoxy) is 2. The van der Waals surface area contributed by atoms with Crippen molar-refractivity contribution in [1.29, 1.82) is 0 Å². The smallest absolute Gasteiger partial charge is 0.260 e. The van der Waals surface area contributed by atoms with E-state index >= 15 is 0 Å². The van der Waals surface area contributed by atoms with Crippen molar-refractivity contribution in [2.45, 2.75) is 26.2 Å². The molecule has 0 aliphatic rings. The lowest BCUT2D eigenvalue weighted by Crippen LogP contribution is -2.28. The van der Waals surface area contributed by atoms with Crippen LogP contribution in [-0.4, -0.2) is 45.7 Å². The summed E-state index contributed by atoms with van der Waals surface area (Å²) in [6.07, 6.45) is 1.88. The van der Waals surface area contributed by atoms with Crippen LogP contribution in [0.2, 0.25) is 0 Å². The molecule has 0 atom stereocenters. The molecule has 168 valence electrons. The number of carbonyl (C=O) groups is 2. The van der Waals surface area contributed by atoms with E-state index in [-0.39, 0.29) is 11.8 Å². The van der Waals surface area contributed by atoms with Crippen LogP contribution in [0.15, 0.2) is 36.4 Å². The third-order valence-corrected chi connectivity index (χ3v) is 4.82. The number of hydrogen-bond acceptors (Lipinski definition) is 6. The maximum atomic E-state index is 13.1. The van der Waals surface area contributed by atoms with Crippen molar-refractivity contribution in [2.24, 2.45) is 5.73 Å². The predicted molar refractivity (Wildman–Crippen MR) is 123 cm³/mol. The molecule has 0 radical (unpaired) electrons. The average Bonchev–Trinajstić information content (AvgIpc) is 2.75. The Balaban J connectivity index is 2.04. The number of anilines is 2. The number of nitrogen functional groups attached to an aromatic ring is 1. The predicted octanol–water partition coefficient (Wildman–Crippen LogP) is 2.49. The van der Waals surface area contributed by atoms with Crippen LogP contribution in [0.1, 0.15) is 35.2 Å². The lowest BCUT2D eigenvalue weighted by molar-refractivity contribution is -0.120. The molecule has 8 nitrogen and oxygen atoms in total. The number of nitrogens with one attached hydrogen (secondary N) is 1. The minimum Gasteiger partial charge on any atom is -0.495 e. The van der Waals surface area contributed by atoms with Gasteiger partial charge in [0, 0.05) is 26.6 Å². The lowest BCUT2D eigenvalue weighted by atomic mass is 10.1. The molecule has 2 aromatic rings. The molecule has 2 aromatic carbocycles. The first kappa shape index (κ1) is 24.0. The van der Waals surface area contributed by atoms with Gasteiger partial charge in [0.05, 0.1) is 30.7 Å². The van der Waals surface area contributed by atoms with Crippen LogP contribution >= 0.6 is 0 Å². The van der Waals surface area contributed by atoms with Gasteiger partial charge in [-0.15, -0.1) is 0 Å². The third kappa shape index (κ3) is 6.62. The molecule has 0 saturated heterocycles. The molecule has 0 aliphatic heterocycles. The second-order valence-corrected chi connectivity index (χ2v) is 7.20. The second kappa shape index (κ2) is 11.8. The normalized spacial score (nSPS) is 10.5. The highest BCUT2D eigenvalue weighted by Gasteiger charge is 2.21. The van der Waals surface area contributed by atoms with Gasteiger partial charge in [-0.1, -0.05) is 12.1 Å². The number of unbranched alkanes of at least 4 members (excludes halogenated alkanes) is 1. The van der Waals surface area contributed by atoms with Crippen LogP contribution in [-0.2, 0) is 4.79 Å². The summed E-state index contributed by atoms with van der Waals surface area (Å²) in [4.78, 5) is 26.0. The summed E-state index contributed by atoms with van der Waals surface area (Å²) in [5, 5.41) is 2.82. The molecule has 0 aliphatic carbocycles. The molecule has 2 amide bonds. The van der Waals surface area contributed by atoms with Crippen LogP contribution in [0, 0.1) is 6.92 Å². The Morgan fingerprint density at radius 1 is 1.13 bits per heavy atom. The molecule has 0 aromatic heterocycles. The summed E-state index contributed by atoms with van der Waals surface area (Å²) in [5.41, 5.74) is 13.8. The maximum Gasteiger partial charge on any atom is 0.260 e. The minimum absolute atomic E-state index is 0.0404. The molecular formula is C23H32N4O4. The maximum absolute atomic E-state index is 13.1. The number of amides is 2. The first-order chi connectivity index (χ1) is 14.9. The molecule has 31 heavy (non-hydrogen) atoms. The molecule has 0 fully saturated rings. The van der Waals surface area contributed by atoms with E-state index in [1.807, 2.05) is 25.1 Å². The molecular weight excluding hydrogens is 396 g/mol. The number of para-hydroxylation sites is 1. The van der Waals surface area contributed by atoms with Gasteiger partial charge in [0.2, 0.25) is 5.91 Å². The first-order valence-corrected chi connectivity index (χ1v) is 10.3. The largest absolute Gasteiger partial charge is 0.495 e. The highest BCUT2D eigenvalue weighted by atomic mass is 16.5. The zero-order chi connectivity index (χ0) is 22.8. The Kier molecular flexibility index (Phi) is 9.14. The zero-order valence-corrected chi connectivity index (χ0v) is 18.4. The Hall–Kier alpha value is -3.26. The summed E-state index contributed by atoms with van der Waals surface area (Å²) in [6.45, 7) is 3.35. The van der Waals surface area contributed by atoms with Crippen molar-refractivity contribution in [3.63, 3.8) is 0 Å². The second-order valence-electron chi connectivity index (χ2n) is 7.20. The van der Waals surface area contributed by atoms with Gasteiger partial charge in [-0.2, -0.15) is 0 Å². The Labute approximate surface area is 183 Å². The molecule has 8 heteroatoms. The van der Waals surface area contributed by atoms with Gasteiger partial charge in [0.15, 0.2) is 0 Å². The highest BCUT2D eigenvalue weighted by molar-refractivity contribution is 6.10.